The maximum Gasteiger partial charge on any atom is 0.306 e. The molecule has 0 fully saturated rings. The molecule has 0 saturated heterocycles. The fourth-order valence-electron chi connectivity index (χ4n) is 7.85. The molecule has 3 unspecified atom stereocenters. The highest BCUT2D eigenvalue weighted by Crippen LogP contribution is 2.18. The second-order valence-corrected chi connectivity index (χ2v) is 17.6. The van der Waals surface area contributed by atoms with Gasteiger partial charge in [-0.1, -0.05) is 249 Å². The molecule has 0 saturated carbocycles. The van der Waals surface area contributed by atoms with Crippen LogP contribution in [0, 0.1) is 0 Å². The van der Waals surface area contributed by atoms with Crippen LogP contribution in [0.1, 0.15) is 258 Å². The number of ether oxygens (including phenoxy) is 1. The van der Waals surface area contributed by atoms with Crippen molar-refractivity contribution in [3.63, 3.8) is 0 Å². The van der Waals surface area contributed by atoms with E-state index in [4.69, 9.17) is 4.74 Å². The molecule has 3 atom stereocenters. The zero-order valence-electron chi connectivity index (χ0n) is 39.8. The quantitative estimate of drug-likeness (QED) is 0.0322. The summed E-state index contributed by atoms with van der Waals surface area (Å²) in [5.74, 6) is -0.507. The van der Waals surface area contributed by atoms with E-state index in [1.54, 1.807) is 0 Å². The van der Waals surface area contributed by atoms with Gasteiger partial charge in [-0.15, -0.1) is 0 Å². The number of rotatable bonds is 46. The molecule has 0 aromatic heterocycles. The Kier molecular flexibility index (Phi) is 46.1. The molecule has 0 rings (SSSR count). The average Bonchev–Trinajstić information content (AvgIpc) is 3.24. The van der Waals surface area contributed by atoms with Crippen LogP contribution < -0.4 is 5.32 Å². The van der Waals surface area contributed by atoms with Crippen molar-refractivity contribution in [1.82, 2.24) is 5.32 Å². The van der Waals surface area contributed by atoms with E-state index in [0.717, 1.165) is 70.6 Å². The lowest BCUT2D eigenvalue weighted by Crippen LogP contribution is -2.46. The highest BCUT2D eigenvalue weighted by molar-refractivity contribution is 5.77. The molecule has 350 valence electrons. The van der Waals surface area contributed by atoms with E-state index in [1.807, 2.05) is 24.3 Å². The summed E-state index contributed by atoms with van der Waals surface area (Å²) >= 11 is 0. The van der Waals surface area contributed by atoms with Gasteiger partial charge in [0.15, 0.2) is 0 Å². The number of nitrogens with one attached hydrogen (secondary N) is 1. The predicted octanol–water partition coefficient (Wildman–Crippen LogP) is 15.5. The third-order valence-electron chi connectivity index (χ3n) is 11.8. The Morgan fingerprint density at radius 2 is 0.900 bits per heavy atom. The Labute approximate surface area is 372 Å². The molecule has 6 nitrogen and oxygen atoms in total. The summed E-state index contributed by atoms with van der Waals surface area (Å²) in [7, 11) is 0. The van der Waals surface area contributed by atoms with Crippen LogP contribution in [0.5, 0.6) is 0 Å². The third kappa shape index (κ3) is 42.5. The Bertz CT molecular complexity index is 1040. The van der Waals surface area contributed by atoms with Crippen molar-refractivity contribution in [2.24, 2.45) is 0 Å². The zero-order valence-corrected chi connectivity index (χ0v) is 39.8. The molecule has 0 aromatic carbocycles. The Morgan fingerprint density at radius 1 is 0.500 bits per heavy atom. The summed E-state index contributed by atoms with van der Waals surface area (Å²) < 4.78 is 5.90. The van der Waals surface area contributed by atoms with E-state index in [0.29, 0.717) is 19.3 Å². The molecule has 0 radical (unpaired) electrons. The summed E-state index contributed by atoms with van der Waals surface area (Å²) in [5.41, 5.74) is 0. The van der Waals surface area contributed by atoms with Gasteiger partial charge in [0, 0.05) is 6.42 Å². The highest BCUT2D eigenvalue weighted by atomic mass is 16.5. The first-order chi connectivity index (χ1) is 29.5. The highest BCUT2D eigenvalue weighted by Gasteiger charge is 2.24. The minimum absolute atomic E-state index is 0.0536. The number of aliphatic hydroxyl groups excluding tert-OH is 2. The number of unbranched alkanes of at least 4 members (excludes halogenated alkanes) is 29. The average molecular weight is 842 g/mol. The SMILES string of the molecule is CC/C=C/C=C/C=C/C=C\CCCCCC(CC(=O)NC(CO)C(O)CCCCCCCCCCCCCCCCCCC)OC(=O)CCCCCCCCCCCCC. The molecule has 6 heteroatoms. The van der Waals surface area contributed by atoms with Crippen molar-refractivity contribution < 1.29 is 24.5 Å². The molecule has 3 N–H and O–H groups in total. The van der Waals surface area contributed by atoms with E-state index in [9.17, 15) is 19.8 Å². The van der Waals surface area contributed by atoms with Crippen LogP contribution in [0.2, 0.25) is 0 Å². The molecule has 60 heavy (non-hydrogen) atoms. The zero-order chi connectivity index (χ0) is 43.8. The number of esters is 1. The van der Waals surface area contributed by atoms with E-state index in [-0.39, 0.29) is 24.9 Å². The van der Waals surface area contributed by atoms with Gasteiger partial charge in [-0.2, -0.15) is 0 Å². The first-order valence-corrected chi connectivity index (χ1v) is 25.9. The van der Waals surface area contributed by atoms with Crippen molar-refractivity contribution in [2.75, 3.05) is 6.61 Å². The molecule has 0 spiro atoms. The summed E-state index contributed by atoms with van der Waals surface area (Å²) in [4.78, 5) is 26.1. The van der Waals surface area contributed by atoms with Gasteiger partial charge in [0.25, 0.3) is 0 Å². The van der Waals surface area contributed by atoms with E-state index in [1.165, 1.54) is 141 Å². The molecule has 0 aliphatic heterocycles. The van der Waals surface area contributed by atoms with Gasteiger partial charge in [-0.25, -0.2) is 0 Å². The number of hydrogen-bond donors (Lipinski definition) is 3. The molecule has 1 amide bonds. The number of carbonyl (C=O) groups is 2. The van der Waals surface area contributed by atoms with E-state index >= 15 is 0 Å². The number of carbonyl (C=O) groups excluding carboxylic acids is 2. The molecule has 0 aliphatic rings. The van der Waals surface area contributed by atoms with Gasteiger partial charge >= 0.3 is 5.97 Å². The van der Waals surface area contributed by atoms with Crippen LogP contribution in [0.3, 0.4) is 0 Å². The van der Waals surface area contributed by atoms with Crippen LogP contribution >= 0.6 is 0 Å². The monoisotopic (exact) mass is 842 g/mol. The van der Waals surface area contributed by atoms with Crippen molar-refractivity contribution >= 4 is 11.9 Å². The van der Waals surface area contributed by atoms with Crippen LogP contribution in [0.25, 0.3) is 0 Å². The molecule has 0 bridgehead atoms. The van der Waals surface area contributed by atoms with Crippen molar-refractivity contribution in [3.05, 3.63) is 48.6 Å². The van der Waals surface area contributed by atoms with Gasteiger partial charge in [0.2, 0.25) is 5.91 Å². The number of allylic oxidation sites excluding steroid dienone is 8. The molecule has 0 aliphatic carbocycles. The fourth-order valence-corrected chi connectivity index (χ4v) is 7.85. The Balaban J connectivity index is 4.54. The number of amides is 1. The third-order valence-corrected chi connectivity index (χ3v) is 11.8. The van der Waals surface area contributed by atoms with Crippen LogP contribution in [0.15, 0.2) is 48.6 Å². The predicted molar refractivity (Wildman–Crippen MR) is 259 cm³/mol. The van der Waals surface area contributed by atoms with Crippen LogP contribution in [-0.4, -0.2) is 46.9 Å². The second kappa shape index (κ2) is 47.9. The molecular formula is C54H99NO5. The van der Waals surface area contributed by atoms with Crippen LogP contribution in [-0.2, 0) is 14.3 Å². The van der Waals surface area contributed by atoms with Gasteiger partial charge in [0.1, 0.15) is 6.10 Å². The Morgan fingerprint density at radius 3 is 1.37 bits per heavy atom. The summed E-state index contributed by atoms with van der Waals surface area (Å²) in [6, 6.07) is -0.713. The maximum absolute atomic E-state index is 13.2. The van der Waals surface area contributed by atoms with Crippen LogP contribution in [0.4, 0.5) is 0 Å². The topological polar surface area (TPSA) is 95.9 Å². The van der Waals surface area contributed by atoms with E-state index < -0.39 is 18.2 Å². The van der Waals surface area contributed by atoms with E-state index in [2.05, 4.69) is 50.4 Å². The molecule has 0 heterocycles. The largest absolute Gasteiger partial charge is 0.462 e. The lowest BCUT2D eigenvalue weighted by Gasteiger charge is -2.24. The van der Waals surface area contributed by atoms with Crippen molar-refractivity contribution in [3.8, 4) is 0 Å². The lowest BCUT2D eigenvalue weighted by atomic mass is 10.0. The van der Waals surface area contributed by atoms with Gasteiger partial charge in [-0.05, 0) is 44.9 Å². The second-order valence-electron chi connectivity index (χ2n) is 17.6. The molecule has 0 aromatic rings. The van der Waals surface area contributed by atoms with Crippen molar-refractivity contribution in [1.29, 1.82) is 0 Å². The first kappa shape index (κ1) is 57.8. The van der Waals surface area contributed by atoms with Gasteiger partial charge < -0.3 is 20.3 Å². The van der Waals surface area contributed by atoms with Crippen molar-refractivity contribution in [2.45, 2.75) is 277 Å². The maximum atomic E-state index is 13.2. The summed E-state index contributed by atoms with van der Waals surface area (Å²) in [6.07, 6.45) is 57.5. The lowest BCUT2D eigenvalue weighted by molar-refractivity contribution is -0.151. The summed E-state index contributed by atoms with van der Waals surface area (Å²) in [5, 5.41) is 23.8. The minimum Gasteiger partial charge on any atom is -0.462 e. The number of aliphatic hydroxyl groups is 2. The standard InChI is InChI=1S/C54H99NO5/c1-4-7-10-13-16-19-22-24-25-26-27-29-32-34-37-40-43-46-52(57)51(49-56)55-53(58)48-50(45-42-39-36-33-31-28-23-20-17-14-11-8-5-2)60-54(59)47-44-41-38-35-30-21-18-15-12-9-6-3/h8,11,14,17,20,23,28,31,50-52,56-57H,4-7,9-10,12-13,15-16,18-19,21-22,24-27,29-30,32-49H2,1-3H3,(H,55,58)/b11-8+,17-14+,23-20+,31-28-. The van der Waals surface area contributed by atoms with Gasteiger partial charge in [0.05, 0.1) is 25.2 Å². The first-order valence-electron chi connectivity index (χ1n) is 25.9. The van der Waals surface area contributed by atoms with Gasteiger partial charge in [-0.3, -0.25) is 9.59 Å². The summed E-state index contributed by atoms with van der Waals surface area (Å²) in [6.45, 7) is 6.34. The normalized spacial score (nSPS) is 13.6. The minimum atomic E-state index is -0.797. The Hall–Kier alpha value is -2.18. The smallest absolute Gasteiger partial charge is 0.306 e. The molecular weight excluding hydrogens is 743 g/mol. The number of hydrogen-bond acceptors (Lipinski definition) is 5. The fraction of sp³-hybridized carbons (Fsp3) is 0.815.